The van der Waals surface area contributed by atoms with Crippen molar-refractivity contribution in [3.8, 4) is 16.9 Å². The molecule has 5 rings (SSSR count). The SMILES string of the molecule is Cc1cccc(C(=O)Oc2c(Br)cc(Br)cc2C=NNC(=O)c2[nH]c3c(Br)cccc3c2-c2ccccc2)c1. The van der Waals surface area contributed by atoms with Gasteiger partial charge in [-0.15, -0.1) is 0 Å². The number of carbonyl (C=O) groups is 2. The number of para-hydroxylation sites is 1. The molecule has 2 N–H and O–H groups in total. The van der Waals surface area contributed by atoms with E-state index in [4.69, 9.17) is 4.74 Å². The first-order valence-electron chi connectivity index (χ1n) is 11.8. The number of halogens is 3. The number of ether oxygens (including phenoxy) is 1. The number of H-pyrrole nitrogens is 1. The Labute approximate surface area is 249 Å². The Morgan fingerprint density at radius 1 is 0.897 bits per heavy atom. The number of esters is 1. The lowest BCUT2D eigenvalue weighted by molar-refractivity contribution is 0.0732. The van der Waals surface area contributed by atoms with Crippen LogP contribution in [0.15, 0.2) is 103 Å². The first-order valence-corrected chi connectivity index (χ1v) is 14.2. The fraction of sp³-hybridized carbons (Fsp3) is 0.0333. The summed E-state index contributed by atoms with van der Waals surface area (Å²) >= 11 is 10.5. The van der Waals surface area contributed by atoms with Crippen molar-refractivity contribution in [1.82, 2.24) is 10.4 Å². The Hall–Kier alpha value is -3.53. The molecule has 1 heterocycles. The van der Waals surface area contributed by atoms with Gasteiger partial charge in [-0.05, 0) is 74.7 Å². The molecule has 0 saturated heterocycles. The maximum absolute atomic E-state index is 13.3. The second-order valence-electron chi connectivity index (χ2n) is 8.67. The van der Waals surface area contributed by atoms with Gasteiger partial charge in [0.2, 0.25) is 0 Å². The van der Waals surface area contributed by atoms with E-state index in [-0.39, 0.29) is 5.75 Å². The van der Waals surface area contributed by atoms with Crippen LogP contribution in [0.1, 0.15) is 32.0 Å². The summed E-state index contributed by atoms with van der Waals surface area (Å²) in [7, 11) is 0. The van der Waals surface area contributed by atoms with E-state index in [1.807, 2.05) is 61.5 Å². The molecule has 0 aliphatic rings. The van der Waals surface area contributed by atoms with Gasteiger partial charge in [0, 0.05) is 25.5 Å². The predicted molar refractivity (Wildman–Crippen MR) is 164 cm³/mol. The first-order chi connectivity index (χ1) is 18.8. The van der Waals surface area contributed by atoms with Crippen LogP contribution in [0.3, 0.4) is 0 Å². The number of hydrogen-bond acceptors (Lipinski definition) is 4. The summed E-state index contributed by atoms with van der Waals surface area (Å²) in [4.78, 5) is 29.4. The van der Waals surface area contributed by atoms with Gasteiger partial charge in [-0.2, -0.15) is 5.10 Å². The van der Waals surface area contributed by atoms with Gasteiger partial charge in [0.15, 0.2) is 5.75 Å². The molecule has 1 amide bonds. The van der Waals surface area contributed by atoms with Crippen LogP contribution >= 0.6 is 47.8 Å². The zero-order valence-electron chi connectivity index (χ0n) is 20.5. The molecule has 5 aromatic rings. The molecule has 6 nitrogen and oxygen atoms in total. The van der Waals surface area contributed by atoms with E-state index in [0.717, 1.165) is 36.5 Å². The standard InChI is InChI=1S/C30H20Br3N3O3/c1-17-7-5-10-19(13-17)30(38)39-28-20(14-21(31)15-24(28)33)16-34-36-29(37)27-25(18-8-3-2-4-9-18)22-11-6-12-23(32)26(22)35-27/h2-16,35H,1H3,(H,36,37). The summed E-state index contributed by atoms with van der Waals surface area (Å²) in [5.41, 5.74) is 7.34. The van der Waals surface area contributed by atoms with Crippen molar-refractivity contribution >= 4 is 76.8 Å². The highest BCUT2D eigenvalue weighted by Gasteiger charge is 2.20. The number of benzene rings is 4. The average molecular weight is 710 g/mol. The number of amides is 1. The van der Waals surface area contributed by atoms with E-state index in [1.54, 1.807) is 30.3 Å². The Balaban J connectivity index is 1.45. The van der Waals surface area contributed by atoms with Crippen molar-refractivity contribution < 1.29 is 14.3 Å². The average Bonchev–Trinajstić information content (AvgIpc) is 3.32. The summed E-state index contributed by atoms with van der Waals surface area (Å²) < 4.78 is 7.86. The monoisotopic (exact) mass is 707 g/mol. The van der Waals surface area contributed by atoms with Crippen LogP contribution in [0.5, 0.6) is 5.75 Å². The van der Waals surface area contributed by atoms with Crippen molar-refractivity contribution in [2.75, 3.05) is 0 Å². The van der Waals surface area contributed by atoms with Gasteiger partial charge in [0.1, 0.15) is 5.69 Å². The maximum Gasteiger partial charge on any atom is 0.343 e. The quantitative estimate of drug-likeness (QED) is 0.0804. The lowest BCUT2D eigenvalue weighted by atomic mass is 10.0. The largest absolute Gasteiger partial charge is 0.421 e. The second-order valence-corrected chi connectivity index (χ2v) is 11.3. The number of nitrogens with one attached hydrogen (secondary N) is 2. The van der Waals surface area contributed by atoms with Crippen LogP contribution in [0.25, 0.3) is 22.0 Å². The van der Waals surface area contributed by atoms with Crippen molar-refractivity contribution in [3.05, 3.63) is 121 Å². The van der Waals surface area contributed by atoms with Crippen molar-refractivity contribution in [2.24, 2.45) is 5.10 Å². The van der Waals surface area contributed by atoms with Gasteiger partial charge in [-0.25, -0.2) is 10.2 Å². The van der Waals surface area contributed by atoms with E-state index in [2.05, 4.69) is 63.3 Å². The number of hydrogen-bond donors (Lipinski definition) is 2. The van der Waals surface area contributed by atoms with Crippen molar-refractivity contribution in [1.29, 1.82) is 0 Å². The minimum Gasteiger partial charge on any atom is -0.421 e. The van der Waals surface area contributed by atoms with Crippen LogP contribution in [-0.4, -0.2) is 23.1 Å². The molecule has 9 heteroatoms. The molecule has 0 fully saturated rings. The van der Waals surface area contributed by atoms with E-state index in [0.29, 0.717) is 21.3 Å². The Kier molecular flexibility index (Phi) is 8.11. The summed E-state index contributed by atoms with van der Waals surface area (Å²) in [6.45, 7) is 1.90. The molecule has 0 aliphatic carbocycles. The highest BCUT2D eigenvalue weighted by Crippen LogP contribution is 2.36. The fourth-order valence-electron chi connectivity index (χ4n) is 4.18. The topological polar surface area (TPSA) is 83.5 Å². The highest BCUT2D eigenvalue weighted by molar-refractivity contribution is 9.11. The third-order valence-corrected chi connectivity index (χ3v) is 7.64. The number of aryl methyl sites for hydroxylation is 1. The molecule has 0 atom stereocenters. The highest BCUT2D eigenvalue weighted by atomic mass is 79.9. The molecule has 4 aromatic carbocycles. The van der Waals surface area contributed by atoms with E-state index < -0.39 is 11.9 Å². The van der Waals surface area contributed by atoms with E-state index in [1.165, 1.54) is 6.21 Å². The minimum atomic E-state index is -0.503. The molecule has 0 unspecified atom stereocenters. The van der Waals surface area contributed by atoms with Gasteiger partial charge in [0.05, 0.1) is 21.8 Å². The smallest absolute Gasteiger partial charge is 0.343 e. The predicted octanol–water partition coefficient (Wildman–Crippen LogP) is 8.41. The number of aromatic nitrogens is 1. The normalized spacial score (nSPS) is 11.2. The number of rotatable bonds is 6. The fourth-order valence-corrected chi connectivity index (χ4v) is 5.99. The summed E-state index contributed by atoms with van der Waals surface area (Å²) in [6, 6.07) is 26.2. The number of nitrogens with zero attached hydrogens (tertiary/aromatic N) is 1. The van der Waals surface area contributed by atoms with Crippen LogP contribution in [0.2, 0.25) is 0 Å². The molecular weight excluding hydrogens is 690 g/mol. The third kappa shape index (κ3) is 5.90. The zero-order valence-corrected chi connectivity index (χ0v) is 25.2. The number of aromatic amines is 1. The lowest BCUT2D eigenvalue weighted by Crippen LogP contribution is -2.19. The maximum atomic E-state index is 13.3. The van der Waals surface area contributed by atoms with E-state index >= 15 is 0 Å². The Morgan fingerprint density at radius 3 is 2.44 bits per heavy atom. The number of hydrazone groups is 1. The Morgan fingerprint density at radius 2 is 1.67 bits per heavy atom. The zero-order chi connectivity index (χ0) is 27.5. The van der Waals surface area contributed by atoms with Crippen LogP contribution < -0.4 is 10.2 Å². The van der Waals surface area contributed by atoms with Gasteiger partial charge in [-0.3, -0.25) is 4.79 Å². The summed E-state index contributed by atoms with van der Waals surface area (Å²) in [5.74, 6) is -0.639. The molecule has 194 valence electrons. The molecular formula is C30H20Br3N3O3. The van der Waals surface area contributed by atoms with Crippen LogP contribution in [-0.2, 0) is 0 Å². The molecule has 1 aromatic heterocycles. The first kappa shape index (κ1) is 27.1. The lowest BCUT2D eigenvalue weighted by Gasteiger charge is -2.11. The molecule has 0 spiro atoms. The molecule has 0 bridgehead atoms. The van der Waals surface area contributed by atoms with Gasteiger partial charge < -0.3 is 9.72 Å². The van der Waals surface area contributed by atoms with Crippen LogP contribution in [0.4, 0.5) is 0 Å². The van der Waals surface area contributed by atoms with Crippen LogP contribution in [0, 0.1) is 6.92 Å². The molecule has 0 saturated carbocycles. The number of fused-ring (bicyclic) bond motifs is 1. The third-order valence-electron chi connectivity index (χ3n) is 5.93. The van der Waals surface area contributed by atoms with Gasteiger partial charge in [0.25, 0.3) is 5.91 Å². The minimum absolute atomic E-state index is 0.280. The molecule has 0 radical (unpaired) electrons. The van der Waals surface area contributed by atoms with Gasteiger partial charge >= 0.3 is 5.97 Å². The van der Waals surface area contributed by atoms with Gasteiger partial charge in [-0.1, -0.05) is 76.1 Å². The van der Waals surface area contributed by atoms with Crippen molar-refractivity contribution in [3.63, 3.8) is 0 Å². The van der Waals surface area contributed by atoms with E-state index in [9.17, 15) is 9.59 Å². The number of carbonyl (C=O) groups excluding carboxylic acids is 2. The molecule has 39 heavy (non-hydrogen) atoms. The second kappa shape index (κ2) is 11.7. The summed E-state index contributed by atoms with van der Waals surface area (Å²) in [6.07, 6.45) is 1.44. The molecule has 0 aliphatic heterocycles. The Bertz CT molecular complexity index is 1750. The van der Waals surface area contributed by atoms with Crippen molar-refractivity contribution in [2.45, 2.75) is 6.92 Å². The summed E-state index contributed by atoms with van der Waals surface area (Å²) in [5, 5.41) is 5.10.